The van der Waals surface area contributed by atoms with E-state index in [1.807, 2.05) is 0 Å². The van der Waals surface area contributed by atoms with Crippen LogP contribution in [0.1, 0.15) is 67.2 Å². The van der Waals surface area contributed by atoms with Crippen LogP contribution in [0.4, 0.5) is 0 Å². The van der Waals surface area contributed by atoms with Crippen molar-refractivity contribution in [3.8, 4) is 0 Å². The maximum atomic E-state index is 11.0. The van der Waals surface area contributed by atoms with Crippen molar-refractivity contribution in [1.29, 1.82) is 0 Å². The standard InChI is InChI=1S/C9H19N.C7H16N2.C7H15NO2S/c1-9(2)10-7-5-3-4-6-8-10;1-7(2)9-5-3-8-4-6-9;1-7(2)8-3-5-11(9,10)6-4-8/h9H,3-8H2,1-2H3;7-8H,3-6H2,1-2H3;7H,3-6H2,1-2H3. The van der Waals surface area contributed by atoms with E-state index in [0.717, 1.165) is 25.2 Å². The van der Waals surface area contributed by atoms with Gasteiger partial charge < -0.3 is 10.2 Å². The lowest BCUT2D eigenvalue weighted by Crippen LogP contribution is -2.46. The number of nitrogens with zero attached hydrogens (tertiary/aromatic N) is 3. The van der Waals surface area contributed by atoms with Crippen LogP contribution in [-0.2, 0) is 9.84 Å². The molecule has 0 amide bonds. The van der Waals surface area contributed by atoms with Gasteiger partial charge in [0.1, 0.15) is 0 Å². The van der Waals surface area contributed by atoms with E-state index in [2.05, 4.69) is 61.6 Å². The first kappa shape index (κ1) is 27.8. The van der Waals surface area contributed by atoms with E-state index >= 15 is 0 Å². The van der Waals surface area contributed by atoms with Gasteiger partial charge in [-0.05, 0) is 67.5 Å². The van der Waals surface area contributed by atoms with Crippen LogP contribution >= 0.6 is 0 Å². The van der Waals surface area contributed by atoms with Gasteiger partial charge in [0.25, 0.3) is 0 Å². The molecule has 3 rings (SSSR count). The molecule has 3 aliphatic heterocycles. The van der Waals surface area contributed by atoms with E-state index in [4.69, 9.17) is 0 Å². The summed E-state index contributed by atoms with van der Waals surface area (Å²) in [6, 6.07) is 1.97. The highest BCUT2D eigenvalue weighted by atomic mass is 32.2. The van der Waals surface area contributed by atoms with Crippen LogP contribution in [0.25, 0.3) is 0 Å². The Hall–Kier alpha value is -0.210. The minimum atomic E-state index is -2.69. The van der Waals surface area contributed by atoms with Crippen molar-refractivity contribution in [3.05, 3.63) is 0 Å². The molecule has 0 aromatic rings. The summed E-state index contributed by atoms with van der Waals surface area (Å²) in [7, 11) is -2.69. The molecular weight excluding hydrogens is 396 g/mol. The smallest absolute Gasteiger partial charge is 0.152 e. The minimum Gasteiger partial charge on any atom is -0.314 e. The van der Waals surface area contributed by atoms with Gasteiger partial charge in [-0.3, -0.25) is 9.80 Å². The Morgan fingerprint density at radius 3 is 1.30 bits per heavy atom. The van der Waals surface area contributed by atoms with Crippen LogP contribution in [0.15, 0.2) is 0 Å². The fourth-order valence-electron chi connectivity index (χ4n) is 4.05. The Morgan fingerprint density at radius 1 is 0.567 bits per heavy atom. The number of nitrogens with one attached hydrogen (secondary N) is 1. The average Bonchev–Trinajstić information content (AvgIpc) is 2.99. The summed E-state index contributed by atoms with van der Waals surface area (Å²) in [5.41, 5.74) is 0. The molecule has 0 bridgehead atoms. The molecule has 30 heavy (non-hydrogen) atoms. The van der Waals surface area contributed by atoms with E-state index in [0.29, 0.717) is 30.6 Å². The van der Waals surface area contributed by atoms with Gasteiger partial charge in [0.15, 0.2) is 9.84 Å². The molecule has 0 aromatic heterocycles. The third-order valence-corrected chi connectivity index (χ3v) is 7.97. The summed E-state index contributed by atoms with van der Waals surface area (Å²) in [6.07, 6.45) is 5.72. The fraction of sp³-hybridized carbons (Fsp3) is 1.00. The van der Waals surface area contributed by atoms with Crippen molar-refractivity contribution in [2.45, 2.75) is 85.4 Å². The van der Waals surface area contributed by atoms with Gasteiger partial charge in [0.05, 0.1) is 11.5 Å². The number of sulfone groups is 1. The second kappa shape index (κ2) is 14.8. The van der Waals surface area contributed by atoms with Gasteiger partial charge in [0.2, 0.25) is 0 Å². The lowest BCUT2D eigenvalue weighted by Gasteiger charge is -2.30. The highest BCUT2D eigenvalue weighted by Gasteiger charge is 2.22. The molecule has 0 atom stereocenters. The van der Waals surface area contributed by atoms with Gasteiger partial charge in [-0.15, -0.1) is 0 Å². The molecule has 1 N–H and O–H groups in total. The lowest BCUT2D eigenvalue weighted by molar-refractivity contribution is 0.196. The van der Waals surface area contributed by atoms with Crippen LogP contribution in [0.5, 0.6) is 0 Å². The molecule has 3 fully saturated rings. The van der Waals surface area contributed by atoms with Crippen LogP contribution < -0.4 is 5.32 Å². The Morgan fingerprint density at radius 2 is 0.933 bits per heavy atom. The largest absolute Gasteiger partial charge is 0.314 e. The minimum absolute atomic E-state index is 0.338. The van der Waals surface area contributed by atoms with Crippen molar-refractivity contribution in [2.75, 3.05) is 63.9 Å². The predicted octanol–water partition coefficient (Wildman–Crippen LogP) is 2.70. The van der Waals surface area contributed by atoms with Crippen molar-refractivity contribution in [2.24, 2.45) is 0 Å². The molecule has 0 saturated carbocycles. The molecular formula is C23H50N4O2S. The number of hydrogen-bond acceptors (Lipinski definition) is 6. The Balaban J connectivity index is 0.000000226. The molecule has 180 valence electrons. The fourth-order valence-corrected chi connectivity index (χ4v) is 5.28. The van der Waals surface area contributed by atoms with Gasteiger partial charge >= 0.3 is 0 Å². The number of piperazine rings is 1. The summed E-state index contributed by atoms with van der Waals surface area (Å²) >= 11 is 0. The van der Waals surface area contributed by atoms with Crippen LogP contribution in [0, 0.1) is 0 Å². The topological polar surface area (TPSA) is 55.9 Å². The zero-order chi connectivity index (χ0) is 22.6. The second-order valence-electron chi connectivity index (χ2n) is 9.71. The van der Waals surface area contributed by atoms with Crippen LogP contribution in [-0.4, -0.2) is 105 Å². The lowest BCUT2D eigenvalue weighted by atomic mass is 10.2. The first-order valence-electron chi connectivity index (χ1n) is 12.3. The molecule has 6 nitrogen and oxygen atoms in total. The predicted molar refractivity (Wildman–Crippen MR) is 130 cm³/mol. The monoisotopic (exact) mass is 446 g/mol. The summed E-state index contributed by atoms with van der Waals surface area (Å²) in [5, 5.41) is 3.33. The molecule has 0 unspecified atom stereocenters. The molecule has 0 radical (unpaired) electrons. The molecule has 3 saturated heterocycles. The quantitative estimate of drug-likeness (QED) is 0.719. The maximum absolute atomic E-state index is 11.0. The maximum Gasteiger partial charge on any atom is 0.152 e. The van der Waals surface area contributed by atoms with E-state index in [-0.39, 0.29) is 0 Å². The first-order valence-corrected chi connectivity index (χ1v) is 14.1. The van der Waals surface area contributed by atoms with Crippen LogP contribution in [0.2, 0.25) is 0 Å². The number of hydrogen-bond donors (Lipinski definition) is 1. The summed E-state index contributed by atoms with van der Waals surface area (Å²) in [4.78, 5) is 7.28. The number of rotatable bonds is 3. The molecule has 0 aliphatic carbocycles. The summed E-state index contributed by atoms with van der Waals surface area (Å²) in [5.74, 6) is 0.677. The SMILES string of the molecule is CC(C)N1CCCCCC1.CC(C)N1CCNCC1.CC(C)N1CCS(=O)(=O)CC1. The molecule has 7 heteroatoms. The molecule has 0 aromatic carbocycles. The third kappa shape index (κ3) is 12.0. The Bertz CT molecular complexity index is 509. The van der Waals surface area contributed by atoms with Crippen molar-refractivity contribution >= 4 is 9.84 Å². The van der Waals surface area contributed by atoms with Crippen molar-refractivity contribution in [1.82, 2.24) is 20.0 Å². The van der Waals surface area contributed by atoms with Gasteiger partial charge in [0, 0.05) is 57.4 Å². The van der Waals surface area contributed by atoms with Gasteiger partial charge in [-0.25, -0.2) is 8.42 Å². The van der Waals surface area contributed by atoms with E-state index in [9.17, 15) is 8.42 Å². The zero-order valence-corrected chi connectivity index (χ0v) is 21.5. The normalized spacial score (nSPS) is 24.0. The van der Waals surface area contributed by atoms with E-state index < -0.39 is 9.84 Å². The van der Waals surface area contributed by atoms with Crippen molar-refractivity contribution in [3.63, 3.8) is 0 Å². The molecule has 3 aliphatic rings. The third-order valence-electron chi connectivity index (χ3n) is 6.36. The van der Waals surface area contributed by atoms with Crippen LogP contribution in [0.3, 0.4) is 0 Å². The highest BCUT2D eigenvalue weighted by Crippen LogP contribution is 2.11. The van der Waals surface area contributed by atoms with E-state index in [1.165, 1.54) is 51.9 Å². The second-order valence-corrected chi connectivity index (χ2v) is 12.0. The first-order chi connectivity index (χ1) is 14.1. The van der Waals surface area contributed by atoms with Crippen molar-refractivity contribution < 1.29 is 8.42 Å². The van der Waals surface area contributed by atoms with Gasteiger partial charge in [-0.1, -0.05) is 12.8 Å². The summed E-state index contributed by atoms with van der Waals surface area (Å²) in [6.45, 7) is 22.1. The Labute approximate surface area is 187 Å². The highest BCUT2D eigenvalue weighted by molar-refractivity contribution is 7.91. The molecule has 0 spiro atoms. The Kier molecular flexibility index (Phi) is 13.7. The molecule has 3 heterocycles. The van der Waals surface area contributed by atoms with Gasteiger partial charge in [-0.2, -0.15) is 0 Å². The zero-order valence-electron chi connectivity index (χ0n) is 20.7. The number of likely N-dealkylation sites (tertiary alicyclic amines) is 1. The van der Waals surface area contributed by atoms with E-state index in [1.54, 1.807) is 0 Å². The summed E-state index contributed by atoms with van der Waals surface area (Å²) < 4.78 is 22.0. The average molecular weight is 447 g/mol.